The summed E-state index contributed by atoms with van der Waals surface area (Å²) in [4.78, 5) is 14.5. The predicted octanol–water partition coefficient (Wildman–Crippen LogP) is 3.72. The molecule has 3 aromatic rings. The molecule has 4 rings (SSSR count). The van der Waals surface area contributed by atoms with Gasteiger partial charge in [0, 0.05) is 25.2 Å². The van der Waals surface area contributed by atoms with E-state index in [4.69, 9.17) is 9.84 Å². The summed E-state index contributed by atoms with van der Waals surface area (Å²) in [6.07, 6.45) is 1.73. The number of hydrogen-bond donors (Lipinski definition) is 1. The Morgan fingerprint density at radius 2 is 1.90 bits per heavy atom. The quantitative estimate of drug-likeness (QED) is 0.722. The smallest absolute Gasteiger partial charge is 0.317 e. The number of ether oxygens (including phenoxy) is 1. The number of amides is 2. The minimum absolute atomic E-state index is 0.0124. The van der Waals surface area contributed by atoms with Gasteiger partial charge in [-0.25, -0.2) is 4.79 Å². The van der Waals surface area contributed by atoms with Crippen molar-refractivity contribution in [3.63, 3.8) is 0 Å². The van der Waals surface area contributed by atoms with Gasteiger partial charge in [-0.3, -0.25) is 4.68 Å². The number of fused-ring (bicyclic) bond motifs is 1. The lowest BCUT2D eigenvalue weighted by molar-refractivity contribution is 0.196. The molecular formula is C23H26N4O2. The van der Waals surface area contributed by atoms with Crippen LogP contribution in [0.5, 0.6) is 5.75 Å². The molecule has 0 spiro atoms. The maximum absolute atomic E-state index is 12.7. The number of nitrogens with zero attached hydrogens (tertiary/aromatic N) is 3. The van der Waals surface area contributed by atoms with Crippen LogP contribution in [0.3, 0.4) is 0 Å². The molecule has 2 aromatic carbocycles. The fraction of sp³-hybridized carbons (Fsp3) is 0.304. The normalized spacial score (nSPS) is 13.5. The van der Waals surface area contributed by atoms with Crippen molar-refractivity contribution >= 4 is 6.03 Å². The summed E-state index contributed by atoms with van der Waals surface area (Å²) in [5, 5.41) is 7.80. The Kier molecular flexibility index (Phi) is 5.79. The highest BCUT2D eigenvalue weighted by Crippen LogP contribution is 2.24. The Morgan fingerprint density at radius 1 is 1.10 bits per heavy atom. The zero-order valence-corrected chi connectivity index (χ0v) is 16.7. The van der Waals surface area contributed by atoms with Crippen molar-refractivity contribution in [2.45, 2.75) is 25.9 Å². The number of nitrogens with one attached hydrogen (secondary N) is 1. The van der Waals surface area contributed by atoms with Gasteiger partial charge in [-0.1, -0.05) is 30.3 Å². The van der Waals surface area contributed by atoms with Crippen molar-refractivity contribution in [2.75, 3.05) is 20.2 Å². The largest absolute Gasteiger partial charge is 0.497 e. The SMILES string of the molecule is COc1ccc(-c2cc3n(n2)CCCN(C(=O)NCCc2ccccc2)C3)cc1. The Hall–Kier alpha value is -3.28. The molecule has 6 nitrogen and oxygen atoms in total. The van der Waals surface area contributed by atoms with Gasteiger partial charge in [0.2, 0.25) is 0 Å². The van der Waals surface area contributed by atoms with Gasteiger partial charge >= 0.3 is 6.03 Å². The molecule has 1 aromatic heterocycles. The predicted molar refractivity (Wildman–Crippen MR) is 113 cm³/mol. The van der Waals surface area contributed by atoms with Crippen LogP contribution in [-0.2, 0) is 19.5 Å². The topological polar surface area (TPSA) is 59.4 Å². The molecule has 0 saturated carbocycles. The first-order valence-corrected chi connectivity index (χ1v) is 10.0. The first-order valence-electron chi connectivity index (χ1n) is 10.0. The third kappa shape index (κ3) is 4.59. The van der Waals surface area contributed by atoms with E-state index in [1.165, 1.54) is 5.56 Å². The fourth-order valence-electron chi connectivity index (χ4n) is 3.61. The first kappa shape index (κ1) is 19.1. The van der Waals surface area contributed by atoms with E-state index in [0.29, 0.717) is 13.1 Å². The highest BCUT2D eigenvalue weighted by Gasteiger charge is 2.20. The molecule has 0 unspecified atom stereocenters. The molecule has 2 heterocycles. The number of carbonyl (C=O) groups excluding carboxylic acids is 1. The van der Waals surface area contributed by atoms with Gasteiger partial charge < -0.3 is 15.0 Å². The van der Waals surface area contributed by atoms with E-state index >= 15 is 0 Å². The number of aromatic nitrogens is 2. The van der Waals surface area contributed by atoms with Crippen LogP contribution in [0.4, 0.5) is 4.79 Å². The van der Waals surface area contributed by atoms with Crippen LogP contribution < -0.4 is 10.1 Å². The number of urea groups is 1. The molecular weight excluding hydrogens is 364 g/mol. The van der Waals surface area contributed by atoms with Gasteiger partial charge in [0.05, 0.1) is 25.0 Å². The average Bonchev–Trinajstić information content (AvgIpc) is 3.05. The summed E-state index contributed by atoms with van der Waals surface area (Å²) in [6, 6.07) is 20.2. The monoisotopic (exact) mass is 390 g/mol. The zero-order valence-electron chi connectivity index (χ0n) is 16.7. The zero-order chi connectivity index (χ0) is 20.1. The maximum Gasteiger partial charge on any atom is 0.317 e. The van der Waals surface area contributed by atoms with E-state index in [0.717, 1.165) is 48.6 Å². The van der Waals surface area contributed by atoms with E-state index in [1.54, 1.807) is 7.11 Å². The van der Waals surface area contributed by atoms with Crippen LogP contribution in [-0.4, -0.2) is 40.9 Å². The number of rotatable bonds is 5. The Bertz CT molecular complexity index is 951. The molecule has 0 aliphatic carbocycles. The lowest BCUT2D eigenvalue weighted by Crippen LogP contribution is -2.40. The molecule has 1 N–H and O–H groups in total. The van der Waals surface area contributed by atoms with Crippen LogP contribution in [0, 0.1) is 0 Å². The van der Waals surface area contributed by atoms with Gasteiger partial charge in [0.25, 0.3) is 0 Å². The summed E-state index contributed by atoms with van der Waals surface area (Å²) in [5.74, 6) is 0.827. The number of hydrogen-bond acceptors (Lipinski definition) is 3. The molecule has 0 atom stereocenters. The number of methoxy groups -OCH3 is 1. The molecule has 0 saturated heterocycles. The Balaban J connectivity index is 1.39. The average molecular weight is 390 g/mol. The highest BCUT2D eigenvalue weighted by molar-refractivity contribution is 5.74. The molecule has 0 fully saturated rings. The van der Waals surface area contributed by atoms with E-state index in [9.17, 15) is 4.79 Å². The summed E-state index contributed by atoms with van der Waals surface area (Å²) < 4.78 is 7.25. The lowest BCUT2D eigenvalue weighted by atomic mass is 10.1. The minimum Gasteiger partial charge on any atom is -0.497 e. The molecule has 150 valence electrons. The van der Waals surface area contributed by atoms with Crippen molar-refractivity contribution in [1.29, 1.82) is 0 Å². The molecule has 6 heteroatoms. The Labute approximate surface area is 171 Å². The van der Waals surface area contributed by atoms with Gasteiger partial charge in [-0.2, -0.15) is 5.10 Å². The molecule has 1 aliphatic heterocycles. The summed E-state index contributed by atoms with van der Waals surface area (Å²) in [6.45, 7) is 2.76. The number of benzene rings is 2. The molecule has 0 radical (unpaired) electrons. The van der Waals surface area contributed by atoms with Gasteiger partial charge in [-0.15, -0.1) is 0 Å². The minimum atomic E-state index is -0.0124. The number of carbonyl (C=O) groups is 1. The van der Waals surface area contributed by atoms with Gasteiger partial charge in [0.15, 0.2) is 0 Å². The van der Waals surface area contributed by atoms with E-state index in [1.807, 2.05) is 52.0 Å². The second-order valence-corrected chi connectivity index (χ2v) is 7.22. The molecule has 29 heavy (non-hydrogen) atoms. The van der Waals surface area contributed by atoms with E-state index in [-0.39, 0.29) is 6.03 Å². The van der Waals surface area contributed by atoms with Crippen molar-refractivity contribution in [3.8, 4) is 17.0 Å². The fourth-order valence-corrected chi connectivity index (χ4v) is 3.61. The van der Waals surface area contributed by atoms with Crippen LogP contribution in [0.25, 0.3) is 11.3 Å². The van der Waals surface area contributed by atoms with E-state index < -0.39 is 0 Å². The van der Waals surface area contributed by atoms with Gasteiger partial charge in [-0.05, 0) is 48.7 Å². The second-order valence-electron chi connectivity index (χ2n) is 7.22. The van der Waals surface area contributed by atoms with Crippen molar-refractivity contribution in [2.24, 2.45) is 0 Å². The third-order valence-corrected chi connectivity index (χ3v) is 5.22. The van der Waals surface area contributed by atoms with Gasteiger partial charge in [0.1, 0.15) is 5.75 Å². The first-order chi connectivity index (χ1) is 14.2. The number of aryl methyl sites for hydroxylation is 1. The molecule has 2 amide bonds. The van der Waals surface area contributed by atoms with E-state index in [2.05, 4.69) is 23.5 Å². The standard InChI is InChI=1S/C23H26N4O2/c1-29-21-10-8-19(9-11-21)22-16-20-17-26(14-5-15-27(20)25-22)23(28)24-13-12-18-6-3-2-4-7-18/h2-4,6-11,16H,5,12-15,17H2,1H3,(H,24,28). The highest BCUT2D eigenvalue weighted by atomic mass is 16.5. The summed E-state index contributed by atoms with van der Waals surface area (Å²) in [7, 11) is 1.66. The third-order valence-electron chi connectivity index (χ3n) is 5.22. The van der Waals surface area contributed by atoms with Crippen molar-refractivity contribution in [1.82, 2.24) is 20.0 Å². The van der Waals surface area contributed by atoms with Crippen LogP contribution >= 0.6 is 0 Å². The maximum atomic E-state index is 12.7. The van der Waals surface area contributed by atoms with Crippen LogP contribution in [0.1, 0.15) is 17.7 Å². The molecule has 1 aliphatic rings. The Morgan fingerprint density at radius 3 is 2.66 bits per heavy atom. The van der Waals surface area contributed by atoms with Crippen LogP contribution in [0.2, 0.25) is 0 Å². The van der Waals surface area contributed by atoms with Crippen molar-refractivity contribution in [3.05, 3.63) is 71.9 Å². The summed E-state index contributed by atoms with van der Waals surface area (Å²) >= 11 is 0. The van der Waals surface area contributed by atoms with Crippen LogP contribution in [0.15, 0.2) is 60.7 Å². The lowest BCUT2D eigenvalue weighted by Gasteiger charge is -2.20. The summed E-state index contributed by atoms with van der Waals surface area (Å²) in [5.41, 5.74) is 4.26. The molecule has 0 bridgehead atoms. The second kappa shape index (κ2) is 8.82. The van der Waals surface area contributed by atoms with Crippen molar-refractivity contribution < 1.29 is 9.53 Å².